The van der Waals surface area contributed by atoms with Crippen molar-refractivity contribution in [3.8, 4) is 0 Å². The van der Waals surface area contributed by atoms with E-state index in [1.165, 1.54) is 6.07 Å². The SMILES string of the molecule is CNC(C)c1nnc(Nc2c(F)cccc2F)o1. The molecule has 1 aromatic heterocycles. The highest BCUT2D eigenvalue weighted by Crippen LogP contribution is 2.23. The topological polar surface area (TPSA) is 63.0 Å². The molecule has 0 saturated carbocycles. The van der Waals surface area contributed by atoms with Crippen molar-refractivity contribution in [3.63, 3.8) is 0 Å². The van der Waals surface area contributed by atoms with Crippen LogP contribution in [0.1, 0.15) is 18.9 Å². The van der Waals surface area contributed by atoms with Gasteiger partial charge in [-0.2, -0.15) is 0 Å². The highest BCUT2D eigenvalue weighted by molar-refractivity contribution is 5.53. The van der Waals surface area contributed by atoms with Gasteiger partial charge in [0.05, 0.1) is 6.04 Å². The van der Waals surface area contributed by atoms with Crippen LogP contribution >= 0.6 is 0 Å². The van der Waals surface area contributed by atoms with Crippen LogP contribution in [0.4, 0.5) is 20.5 Å². The molecule has 0 aliphatic heterocycles. The zero-order chi connectivity index (χ0) is 13.1. The number of nitrogens with zero attached hydrogens (tertiary/aromatic N) is 2. The van der Waals surface area contributed by atoms with Crippen molar-refractivity contribution < 1.29 is 13.2 Å². The number of nitrogens with one attached hydrogen (secondary N) is 2. The van der Waals surface area contributed by atoms with Crippen molar-refractivity contribution in [2.24, 2.45) is 0 Å². The molecule has 1 atom stereocenters. The Morgan fingerprint density at radius 2 is 1.89 bits per heavy atom. The van der Waals surface area contributed by atoms with Crippen LogP contribution in [0.5, 0.6) is 0 Å². The Morgan fingerprint density at radius 3 is 2.50 bits per heavy atom. The van der Waals surface area contributed by atoms with Crippen molar-refractivity contribution in [1.82, 2.24) is 15.5 Å². The summed E-state index contributed by atoms with van der Waals surface area (Å²) in [6.07, 6.45) is 0. The Balaban J connectivity index is 2.21. The van der Waals surface area contributed by atoms with Gasteiger partial charge in [-0.15, -0.1) is 5.10 Å². The van der Waals surface area contributed by atoms with E-state index in [2.05, 4.69) is 20.8 Å². The largest absolute Gasteiger partial charge is 0.406 e. The van der Waals surface area contributed by atoms with E-state index in [0.29, 0.717) is 5.89 Å². The first-order valence-electron chi connectivity index (χ1n) is 5.33. The first-order chi connectivity index (χ1) is 8.61. The lowest BCUT2D eigenvalue weighted by Gasteiger charge is -2.04. The van der Waals surface area contributed by atoms with Gasteiger partial charge in [0, 0.05) is 0 Å². The van der Waals surface area contributed by atoms with Gasteiger partial charge in [0.15, 0.2) is 0 Å². The van der Waals surface area contributed by atoms with E-state index in [1.54, 1.807) is 7.05 Å². The Hall–Kier alpha value is -2.02. The molecule has 0 spiro atoms. The van der Waals surface area contributed by atoms with Crippen LogP contribution in [0.3, 0.4) is 0 Å². The zero-order valence-electron chi connectivity index (χ0n) is 9.87. The monoisotopic (exact) mass is 254 g/mol. The van der Waals surface area contributed by atoms with Gasteiger partial charge < -0.3 is 15.1 Å². The molecule has 96 valence electrons. The predicted molar refractivity (Wildman–Crippen MR) is 61.4 cm³/mol. The third-order valence-electron chi connectivity index (χ3n) is 2.44. The molecule has 0 amide bonds. The molecule has 0 bridgehead atoms. The predicted octanol–water partition coefficient (Wildman–Crippen LogP) is 2.37. The number of halogens is 2. The fourth-order valence-corrected chi connectivity index (χ4v) is 1.31. The molecule has 1 unspecified atom stereocenters. The molecule has 2 aromatic rings. The molecule has 2 rings (SSSR count). The summed E-state index contributed by atoms with van der Waals surface area (Å²) in [5.41, 5.74) is -0.315. The molecule has 7 heteroatoms. The molecular formula is C11H12F2N4O. The van der Waals surface area contributed by atoms with Crippen LogP contribution in [0, 0.1) is 11.6 Å². The highest BCUT2D eigenvalue weighted by atomic mass is 19.1. The number of anilines is 2. The van der Waals surface area contributed by atoms with Gasteiger partial charge in [0.1, 0.15) is 17.3 Å². The van der Waals surface area contributed by atoms with Crippen LogP contribution in [-0.2, 0) is 0 Å². The zero-order valence-corrected chi connectivity index (χ0v) is 9.87. The average Bonchev–Trinajstić information content (AvgIpc) is 2.81. The molecule has 0 fully saturated rings. The van der Waals surface area contributed by atoms with Crippen molar-refractivity contribution >= 4 is 11.7 Å². The number of rotatable bonds is 4. The van der Waals surface area contributed by atoms with E-state index in [4.69, 9.17) is 4.42 Å². The van der Waals surface area contributed by atoms with E-state index >= 15 is 0 Å². The minimum absolute atomic E-state index is 0.0592. The van der Waals surface area contributed by atoms with Crippen molar-refractivity contribution in [3.05, 3.63) is 35.7 Å². The number of hydrogen-bond donors (Lipinski definition) is 2. The van der Waals surface area contributed by atoms with Crippen molar-refractivity contribution in [2.75, 3.05) is 12.4 Å². The second-order valence-corrected chi connectivity index (χ2v) is 3.68. The minimum Gasteiger partial charge on any atom is -0.406 e. The lowest BCUT2D eigenvalue weighted by atomic mass is 10.3. The average molecular weight is 254 g/mol. The summed E-state index contributed by atoms with van der Waals surface area (Å²) >= 11 is 0. The Bertz CT molecular complexity index is 523. The Labute approximate surface area is 102 Å². The molecule has 0 aliphatic carbocycles. The van der Waals surface area contributed by atoms with Crippen LogP contribution in [-0.4, -0.2) is 17.2 Å². The number of benzene rings is 1. The summed E-state index contributed by atoms with van der Waals surface area (Å²) in [5.74, 6) is -1.12. The summed E-state index contributed by atoms with van der Waals surface area (Å²) < 4.78 is 31.9. The number of hydrogen-bond acceptors (Lipinski definition) is 5. The third kappa shape index (κ3) is 2.45. The lowest BCUT2D eigenvalue weighted by Crippen LogP contribution is -2.12. The Morgan fingerprint density at radius 1 is 1.22 bits per heavy atom. The standard InChI is InChI=1S/C11H12F2N4O/c1-6(14-2)10-16-17-11(18-10)15-9-7(12)4-3-5-8(9)13/h3-6,14H,1-2H3,(H,15,17). The van der Waals surface area contributed by atoms with E-state index < -0.39 is 11.6 Å². The van der Waals surface area contributed by atoms with Gasteiger partial charge in [-0.05, 0) is 26.1 Å². The molecule has 1 heterocycles. The van der Waals surface area contributed by atoms with Gasteiger partial charge >= 0.3 is 6.01 Å². The summed E-state index contributed by atoms with van der Waals surface area (Å²) in [6.45, 7) is 1.82. The maximum absolute atomic E-state index is 13.4. The maximum atomic E-state index is 13.4. The molecule has 0 saturated heterocycles. The summed E-state index contributed by atoms with van der Waals surface area (Å²) in [6, 6.07) is 3.35. The fourth-order valence-electron chi connectivity index (χ4n) is 1.31. The van der Waals surface area contributed by atoms with Crippen LogP contribution in [0.25, 0.3) is 0 Å². The molecule has 5 nitrogen and oxygen atoms in total. The Kier molecular flexibility index (Phi) is 3.52. The fraction of sp³-hybridized carbons (Fsp3) is 0.273. The highest BCUT2D eigenvalue weighted by Gasteiger charge is 2.15. The van der Waals surface area contributed by atoms with Crippen molar-refractivity contribution in [2.45, 2.75) is 13.0 Å². The van der Waals surface area contributed by atoms with Gasteiger partial charge in [-0.1, -0.05) is 11.2 Å². The van der Waals surface area contributed by atoms with E-state index in [1.807, 2.05) is 6.92 Å². The van der Waals surface area contributed by atoms with Gasteiger partial charge in [0.25, 0.3) is 0 Å². The second-order valence-electron chi connectivity index (χ2n) is 3.68. The summed E-state index contributed by atoms with van der Waals surface area (Å²) in [4.78, 5) is 0. The molecule has 1 aromatic carbocycles. The number of aromatic nitrogens is 2. The van der Waals surface area contributed by atoms with Crippen LogP contribution in [0.2, 0.25) is 0 Å². The van der Waals surface area contributed by atoms with Gasteiger partial charge in [-0.25, -0.2) is 8.78 Å². The first kappa shape index (κ1) is 12.4. The van der Waals surface area contributed by atoms with Crippen molar-refractivity contribution in [1.29, 1.82) is 0 Å². The molecule has 0 radical (unpaired) electrons. The van der Waals surface area contributed by atoms with E-state index in [9.17, 15) is 8.78 Å². The number of para-hydroxylation sites is 1. The normalized spacial score (nSPS) is 12.4. The molecule has 18 heavy (non-hydrogen) atoms. The van der Waals surface area contributed by atoms with E-state index in [-0.39, 0.29) is 17.7 Å². The first-order valence-corrected chi connectivity index (χ1v) is 5.33. The van der Waals surface area contributed by atoms with Crippen LogP contribution < -0.4 is 10.6 Å². The quantitative estimate of drug-likeness (QED) is 0.877. The smallest absolute Gasteiger partial charge is 0.320 e. The third-order valence-corrected chi connectivity index (χ3v) is 2.44. The second kappa shape index (κ2) is 5.09. The summed E-state index contributed by atoms with van der Waals surface area (Å²) in [5, 5.41) is 12.7. The van der Waals surface area contributed by atoms with Crippen LogP contribution in [0.15, 0.2) is 22.6 Å². The van der Waals surface area contributed by atoms with E-state index in [0.717, 1.165) is 12.1 Å². The molecular weight excluding hydrogens is 242 g/mol. The molecule has 0 aliphatic rings. The summed E-state index contributed by atoms with van der Waals surface area (Å²) in [7, 11) is 1.73. The van der Waals surface area contributed by atoms with Gasteiger partial charge in [0.2, 0.25) is 5.89 Å². The molecule has 2 N–H and O–H groups in total. The minimum atomic E-state index is -0.726. The van der Waals surface area contributed by atoms with Gasteiger partial charge in [-0.3, -0.25) is 0 Å². The maximum Gasteiger partial charge on any atom is 0.320 e. The lowest BCUT2D eigenvalue weighted by molar-refractivity contribution is 0.442.